The minimum atomic E-state index is 0.228. The molecule has 0 aromatic carbocycles. The average Bonchev–Trinajstić information content (AvgIpc) is 2.82. The molecule has 0 saturated carbocycles. The van der Waals surface area contributed by atoms with Crippen molar-refractivity contribution in [1.82, 2.24) is 25.3 Å². The quantitative estimate of drug-likeness (QED) is 0.913. The Morgan fingerprint density at radius 1 is 1.19 bits per heavy atom. The summed E-state index contributed by atoms with van der Waals surface area (Å²) in [6.45, 7) is 7.42. The highest BCUT2D eigenvalue weighted by atomic mass is 16.5. The lowest BCUT2D eigenvalue weighted by Gasteiger charge is -2.30. The third-order valence-corrected chi connectivity index (χ3v) is 4.81. The van der Waals surface area contributed by atoms with Crippen LogP contribution in [0.25, 0.3) is 0 Å². The molecule has 0 aliphatic carbocycles. The predicted octanol–water partition coefficient (Wildman–Crippen LogP) is 1.58. The van der Waals surface area contributed by atoms with Crippen molar-refractivity contribution in [1.29, 1.82) is 0 Å². The minimum Gasteiger partial charge on any atom is -0.338 e. The number of piperazine rings is 1. The topological polar surface area (TPSA) is 57.4 Å². The van der Waals surface area contributed by atoms with Gasteiger partial charge in [0.05, 0.1) is 12.1 Å². The van der Waals surface area contributed by atoms with Crippen LogP contribution in [0.3, 0.4) is 0 Å². The summed E-state index contributed by atoms with van der Waals surface area (Å²) >= 11 is 0. The zero-order valence-electron chi connectivity index (χ0n) is 13.2. The van der Waals surface area contributed by atoms with Crippen LogP contribution in [0.15, 0.2) is 4.52 Å². The molecule has 2 fully saturated rings. The maximum absolute atomic E-state index is 5.56. The van der Waals surface area contributed by atoms with E-state index in [0.29, 0.717) is 0 Å². The molecule has 6 nitrogen and oxygen atoms in total. The molecule has 1 aromatic heterocycles. The lowest BCUT2D eigenvalue weighted by Crippen LogP contribution is -2.44. The fraction of sp³-hybridized carbons (Fsp3) is 0.867. The summed E-state index contributed by atoms with van der Waals surface area (Å²) in [5.41, 5.74) is 0. The second-order valence-electron chi connectivity index (χ2n) is 6.32. The van der Waals surface area contributed by atoms with Crippen molar-refractivity contribution < 1.29 is 4.52 Å². The summed E-state index contributed by atoms with van der Waals surface area (Å²) in [7, 11) is 2.12. The average molecular weight is 293 g/mol. The first-order valence-electron chi connectivity index (χ1n) is 8.24. The molecule has 0 spiro atoms. The molecule has 2 aliphatic heterocycles. The zero-order chi connectivity index (χ0) is 14.7. The Balaban J connectivity index is 1.68. The van der Waals surface area contributed by atoms with Gasteiger partial charge in [0.15, 0.2) is 5.82 Å². The van der Waals surface area contributed by atoms with Crippen LogP contribution < -0.4 is 5.32 Å². The molecule has 3 heterocycles. The number of nitrogens with zero attached hydrogens (tertiary/aromatic N) is 4. The second kappa shape index (κ2) is 6.85. The molecule has 2 saturated heterocycles. The van der Waals surface area contributed by atoms with E-state index in [4.69, 9.17) is 4.52 Å². The van der Waals surface area contributed by atoms with Crippen molar-refractivity contribution in [3.05, 3.63) is 11.7 Å². The van der Waals surface area contributed by atoms with Gasteiger partial charge in [-0.05, 0) is 39.9 Å². The number of rotatable bonds is 3. The standard InChI is InChI=1S/C15H27N5O/c1-12(20-8-5-3-4-6-9-20)15-17-14(18-21-15)13-11-16-7-10-19(13)2/h12-13,16H,3-11H2,1-2H3. The van der Waals surface area contributed by atoms with Gasteiger partial charge in [0.25, 0.3) is 0 Å². The van der Waals surface area contributed by atoms with Crippen molar-refractivity contribution in [3.63, 3.8) is 0 Å². The van der Waals surface area contributed by atoms with Crippen molar-refractivity contribution >= 4 is 0 Å². The fourth-order valence-electron chi connectivity index (χ4n) is 3.29. The van der Waals surface area contributed by atoms with Gasteiger partial charge in [-0.3, -0.25) is 9.80 Å². The van der Waals surface area contributed by atoms with Gasteiger partial charge in [0.1, 0.15) is 0 Å². The van der Waals surface area contributed by atoms with E-state index in [2.05, 4.69) is 39.2 Å². The Morgan fingerprint density at radius 3 is 2.67 bits per heavy atom. The predicted molar refractivity (Wildman–Crippen MR) is 81.0 cm³/mol. The molecule has 2 atom stereocenters. The van der Waals surface area contributed by atoms with Crippen LogP contribution >= 0.6 is 0 Å². The number of nitrogens with one attached hydrogen (secondary N) is 1. The van der Waals surface area contributed by atoms with Gasteiger partial charge in [0, 0.05) is 19.6 Å². The first-order valence-corrected chi connectivity index (χ1v) is 8.24. The summed E-state index contributed by atoms with van der Waals surface area (Å²) in [6.07, 6.45) is 5.24. The van der Waals surface area contributed by atoms with Crippen LogP contribution in [-0.2, 0) is 0 Å². The molecule has 21 heavy (non-hydrogen) atoms. The Kier molecular flexibility index (Phi) is 4.87. The van der Waals surface area contributed by atoms with Crippen LogP contribution in [0.1, 0.15) is 56.4 Å². The van der Waals surface area contributed by atoms with E-state index in [9.17, 15) is 0 Å². The van der Waals surface area contributed by atoms with Gasteiger partial charge in [-0.15, -0.1) is 0 Å². The van der Waals surface area contributed by atoms with E-state index < -0.39 is 0 Å². The number of hydrogen-bond acceptors (Lipinski definition) is 6. The van der Waals surface area contributed by atoms with Gasteiger partial charge in [0.2, 0.25) is 5.89 Å². The molecule has 118 valence electrons. The normalized spacial score (nSPS) is 27.4. The first kappa shape index (κ1) is 14.9. The summed E-state index contributed by atoms with van der Waals surface area (Å²) < 4.78 is 5.56. The molecule has 1 N–H and O–H groups in total. The summed E-state index contributed by atoms with van der Waals surface area (Å²) in [6, 6.07) is 0.457. The zero-order valence-corrected chi connectivity index (χ0v) is 13.2. The minimum absolute atomic E-state index is 0.228. The van der Waals surface area contributed by atoms with Crippen molar-refractivity contribution in [2.45, 2.75) is 44.7 Å². The van der Waals surface area contributed by atoms with E-state index in [1.54, 1.807) is 0 Å². The molecule has 2 unspecified atom stereocenters. The summed E-state index contributed by atoms with van der Waals surface area (Å²) in [5.74, 6) is 1.59. The smallest absolute Gasteiger partial charge is 0.243 e. The lowest BCUT2D eigenvalue weighted by molar-refractivity contribution is 0.176. The Morgan fingerprint density at radius 2 is 1.95 bits per heavy atom. The maximum Gasteiger partial charge on any atom is 0.243 e. The van der Waals surface area contributed by atoms with Gasteiger partial charge in [-0.1, -0.05) is 18.0 Å². The highest BCUT2D eigenvalue weighted by Crippen LogP contribution is 2.25. The van der Waals surface area contributed by atoms with Crippen LogP contribution in [0.2, 0.25) is 0 Å². The van der Waals surface area contributed by atoms with E-state index in [0.717, 1.165) is 44.4 Å². The van der Waals surface area contributed by atoms with Gasteiger partial charge < -0.3 is 9.84 Å². The first-order chi connectivity index (χ1) is 10.3. The third-order valence-electron chi connectivity index (χ3n) is 4.81. The highest BCUT2D eigenvalue weighted by molar-refractivity contribution is 5.00. The summed E-state index contributed by atoms with van der Waals surface area (Å²) in [5, 5.41) is 7.64. The maximum atomic E-state index is 5.56. The second-order valence-corrected chi connectivity index (χ2v) is 6.32. The number of likely N-dealkylation sites (tertiary alicyclic amines) is 1. The Bertz CT molecular complexity index is 441. The molecule has 0 radical (unpaired) electrons. The largest absolute Gasteiger partial charge is 0.338 e. The van der Waals surface area contributed by atoms with Crippen LogP contribution in [0.4, 0.5) is 0 Å². The van der Waals surface area contributed by atoms with E-state index in [1.807, 2.05) is 0 Å². The molecular formula is C15H27N5O. The molecule has 0 bridgehead atoms. The molecule has 3 rings (SSSR count). The molecule has 1 aromatic rings. The van der Waals surface area contributed by atoms with E-state index >= 15 is 0 Å². The molecule has 0 amide bonds. The van der Waals surface area contributed by atoms with Gasteiger partial charge in [-0.2, -0.15) is 4.98 Å². The van der Waals surface area contributed by atoms with Gasteiger partial charge >= 0.3 is 0 Å². The molecule has 2 aliphatic rings. The fourth-order valence-corrected chi connectivity index (χ4v) is 3.29. The van der Waals surface area contributed by atoms with Crippen molar-refractivity contribution in [2.75, 3.05) is 39.8 Å². The molecular weight excluding hydrogens is 266 g/mol. The summed E-state index contributed by atoms with van der Waals surface area (Å²) in [4.78, 5) is 9.46. The molecule has 6 heteroatoms. The number of aromatic nitrogens is 2. The van der Waals surface area contributed by atoms with Gasteiger partial charge in [-0.25, -0.2) is 0 Å². The number of likely N-dealkylation sites (N-methyl/N-ethyl adjacent to an activating group) is 1. The van der Waals surface area contributed by atoms with Crippen molar-refractivity contribution in [3.8, 4) is 0 Å². The SMILES string of the molecule is CC(c1nc(C2CNCCN2C)no1)N1CCCCCC1. The number of hydrogen-bond donors (Lipinski definition) is 1. The third kappa shape index (κ3) is 3.44. The Labute approximate surface area is 126 Å². The van der Waals surface area contributed by atoms with Crippen LogP contribution in [0.5, 0.6) is 0 Å². The van der Waals surface area contributed by atoms with Crippen molar-refractivity contribution in [2.24, 2.45) is 0 Å². The van der Waals surface area contributed by atoms with Crippen LogP contribution in [-0.4, -0.2) is 59.7 Å². The van der Waals surface area contributed by atoms with Crippen LogP contribution in [0, 0.1) is 0 Å². The highest BCUT2D eigenvalue weighted by Gasteiger charge is 2.28. The van der Waals surface area contributed by atoms with E-state index in [1.165, 1.54) is 25.7 Å². The Hall–Kier alpha value is -0.980. The van der Waals surface area contributed by atoms with E-state index in [-0.39, 0.29) is 12.1 Å². The lowest BCUT2D eigenvalue weighted by atomic mass is 10.2. The monoisotopic (exact) mass is 293 g/mol.